The van der Waals surface area contributed by atoms with Crippen LogP contribution in [0.5, 0.6) is 5.75 Å². The van der Waals surface area contributed by atoms with Gasteiger partial charge in [-0.2, -0.15) is 0 Å². The number of nitrogens with zero attached hydrogens (tertiary/aromatic N) is 2. The Labute approximate surface area is 184 Å². The summed E-state index contributed by atoms with van der Waals surface area (Å²) >= 11 is 0. The maximum atomic E-state index is 13.3. The monoisotopic (exact) mass is 453 g/mol. The Kier molecular flexibility index (Phi) is 5.54. The lowest BCUT2D eigenvalue weighted by atomic mass is 10.1. The van der Waals surface area contributed by atoms with Crippen molar-refractivity contribution >= 4 is 33.0 Å². The third-order valence-electron chi connectivity index (χ3n) is 4.93. The Morgan fingerprint density at radius 1 is 1.06 bits per heavy atom. The molecule has 1 aliphatic rings. The van der Waals surface area contributed by atoms with E-state index in [-0.39, 0.29) is 28.8 Å². The van der Waals surface area contributed by atoms with E-state index in [0.717, 1.165) is 0 Å². The third-order valence-corrected chi connectivity index (χ3v) is 6.72. The average molecular weight is 453 g/mol. The molecule has 3 aromatic rings. The summed E-state index contributed by atoms with van der Waals surface area (Å²) in [4.78, 5) is 23.0. The van der Waals surface area contributed by atoms with Crippen molar-refractivity contribution in [2.24, 2.45) is 0 Å². The van der Waals surface area contributed by atoms with Gasteiger partial charge in [0.05, 0.1) is 22.1 Å². The lowest BCUT2D eigenvalue weighted by Gasteiger charge is -2.34. The van der Waals surface area contributed by atoms with Crippen molar-refractivity contribution in [2.45, 2.75) is 17.9 Å². The summed E-state index contributed by atoms with van der Waals surface area (Å²) in [5, 5.41) is 13.7. The Hall–Kier alpha value is -3.92. The van der Waals surface area contributed by atoms with E-state index < -0.39 is 20.9 Å². The number of nitro groups is 1. The first kappa shape index (κ1) is 21.3. The van der Waals surface area contributed by atoms with Crippen LogP contribution in [0.25, 0.3) is 0 Å². The van der Waals surface area contributed by atoms with Crippen molar-refractivity contribution < 1.29 is 22.9 Å². The molecule has 1 aliphatic heterocycles. The minimum absolute atomic E-state index is 0.0464. The van der Waals surface area contributed by atoms with Gasteiger partial charge in [0.1, 0.15) is 17.4 Å². The number of carbonyl (C=O) groups is 1. The molecule has 164 valence electrons. The Morgan fingerprint density at radius 2 is 1.72 bits per heavy atom. The fourth-order valence-electron chi connectivity index (χ4n) is 3.44. The Morgan fingerprint density at radius 3 is 2.44 bits per heavy atom. The highest BCUT2D eigenvalue weighted by molar-refractivity contribution is 7.92. The summed E-state index contributed by atoms with van der Waals surface area (Å²) in [6.45, 7) is 1.95. The first-order chi connectivity index (χ1) is 15.3. The smallest absolute Gasteiger partial charge is 0.282 e. The van der Waals surface area contributed by atoms with Gasteiger partial charge < -0.3 is 10.1 Å². The lowest BCUT2D eigenvalue weighted by molar-refractivity contribution is -0.385. The van der Waals surface area contributed by atoms with E-state index >= 15 is 0 Å². The predicted molar refractivity (Wildman–Crippen MR) is 119 cm³/mol. The third kappa shape index (κ3) is 4.00. The van der Waals surface area contributed by atoms with E-state index in [1.54, 1.807) is 31.2 Å². The van der Waals surface area contributed by atoms with Gasteiger partial charge in [0.2, 0.25) is 0 Å². The zero-order valence-corrected chi connectivity index (χ0v) is 17.8. The molecule has 0 radical (unpaired) electrons. The molecule has 0 unspecified atom stereocenters. The molecule has 3 aromatic carbocycles. The van der Waals surface area contributed by atoms with Gasteiger partial charge in [-0.15, -0.1) is 0 Å². The highest BCUT2D eigenvalue weighted by Gasteiger charge is 2.32. The van der Waals surface area contributed by atoms with Gasteiger partial charge in [-0.25, -0.2) is 8.42 Å². The van der Waals surface area contributed by atoms with E-state index in [9.17, 15) is 23.3 Å². The zero-order chi connectivity index (χ0) is 22.9. The van der Waals surface area contributed by atoms with Crippen molar-refractivity contribution in [3.8, 4) is 5.75 Å². The molecule has 1 amide bonds. The van der Waals surface area contributed by atoms with Crippen LogP contribution in [-0.2, 0) is 10.0 Å². The van der Waals surface area contributed by atoms with Crippen LogP contribution < -0.4 is 14.4 Å². The summed E-state index contributed by atoms with van der Waals surface area (Å²) in [5.74, 6) is -0.174. The number of ether oxygens (including phenoxy) is 1. The van der Waals surface area contributed by atoms with Gasteiger partial charge in [-0.1, -0.05) is 24.3 Å². The molecule has 1 N–H and O–H groups in total. The van der Waals surface area contributed by atoms with Crippen LogP contribution >= 0.6 is 0 Å². The second kappa shape index (κ2) is 8.31. The molecule has 0 aliphatic carbocycles. The standard InChI is InChI=1S/C22H19N3O6S/c1-15-14-24(20-8-4-5-9-21(20)31-15)32(29,30)17-12-10-16(11-13-17)23-22(26)18-6-2-3-7-19(18)25(27)28/h2-13,15H,14H2,1H3,(H,23,26)/t15-/m1/s1. The number of fused-ring (bicyclic) bond motifs is 1. The maximum Gasteiger partial charge on any atom is 0.282 e. The highest BCUT2D eigenvalue weighted by atomic mass is 32.2. The molecule has 0 saturated heterocycles. The second-order valence-corrected chi connectivity index (χ2v) is 9.05. The maximum absolute atomic E-state index is 13.3. The minimum Gasteiger partial charge on any atom is -0.487 e. The van der Waals surface area contributed by atoms with Crippen LogP contribution in [0, 0.1) is 10.1 Å². The highest BCUT2D eigenvalue weighted by Crippen LogP contribution is 2.36. The number of nitro benzene ring substituents is 1. The molecule has 0 aromatic heterocycles. The number of hydrogen-bond acceptors (Lipinski definition) is 6. The molecular weight excluding hydrogens is 434 g/mol. The SMILES string of the molecule is C[C@@H]1CN(S(=O)(=O)c2ccc(NC(=O)c3ccccc3[N+](=O)[O-])cc2)c2ccccc2O1. The van der Waals surface area contributed by atoms with Crippen LogP contribution in [0.1, 0.15) is 17.3 Å². The van der Waals surface area contributed by atoms with Crippen LogP contribution in [-0.4, -0.2) is 31.9 Å². The van der Waals surface area contributed by atoms with E-state index in [1.807, 2.05) is 0 Å². The molecule has 32 heavy (non-hydrogen) atoms. The Balaban J connectivity index is 1.58. The number of nitrogens with one attached hydrogen (secondary N) is 1. The lowest BCUT2D eigenvalue weighted by Crippen LogP contribution is -2.42. The minimum atomic E-state index is -3.87. The van der Waals surface area contributed by atoms with E-state index in [0.29, 0.717) is 17.1 Å². The van der Waals surface area contributed by atoms with Crippen LogP contribution in [0.15, 0.2) is 77.7 Å². The normalized spacial score (nSPS) is 15.4. The molecule has 0 fully saturated rings. The van der Waals surface area contributed by atoms with Crippen molar-refractivity contribution in [3.63, 3.8) is 0 Å². The number of amides is 1. The average Bonchev–Trinajstić information content (AvgIpc) is 2.78. The van der Waals surface area contributed by atoms with E-state index in [1.165, 1.54) is 52.8 Å². The van der Waals surface area contributed by atoms with Crippen LogP contribution in [0.4, 0.5) is 17.1 Å². The van der Waals surface area contributed by atoms with Gasteiger partial charge in [0, 0.05) is 11.8 Å². The number of para-hydroxylation sites is 3. The molecule has 1 heterocycles. The molecule has 4 rings (SSSR count). The van der Waals surface area contributed by atoms with Gasteiger partial charge in [0.25, 0.3) is 21.6 Å². The molecule has 10 heteroatoms. The number of carbonyl (C=O) groups excluding carboxylic acids is 1. The number of sulfonamides is 1. The Bertz CT molecular complexity index is 1290. The van der Waals surface area contributed by atoms with Crippen molar-refractivity contribution in [1.29, 1.82) is 0 Å². The fraction of sp³-hybridized carbons (Fsp3) is 0.136. The summed E-state index contributed by atoms with van der Waals surface area (Å²) in [6, 6.07) is 18.1. The second-order valence-electron chi connectivity index (χ2n) is 7.19. The molecule has 1 atom stereocenters. The summed E-state index contributed by atoms with van der Waals surface area (Å²) in [7, 11) is -3.87. The summed E-state index contributed by atoms with van der Waals surface area (Å²) in [6.07, 6.45) is -0.320. The first-order valence-corrected chi connectivity index (χ1v) is 11.1. The molecule has 0 bridgehead atoms. The molecular formula is C22H19N3O6S. The van der Waals surface area contributed by atoms with Gasteiger partial charge in [-0.05, 0) is 49.4 Å². The largest absolute Gasteiger partial charge is 0.487 e. The topological polar surface area (TPSA) is 119 Å². The van der Waals surface area contributed by atoms with E-state index in [2.05, 4.69) is 5.32 Å². The summed E-state index contributed by atoms with van der Waals surface area (Å²) < 4.78 is 33.6. The van der Waals surface area contributed by atoms with Crippen molar-refractivity contribution in [3.05, 3.63) is 88.5 Å². The van der Waals surface area contributed by atoms with Crippen molar-refractivity contribution in [1.82, 2.24) is 0 Å². The number of rotatable bonds is 5. The van der Waals surface area contributed by atoms with Crippen LogP contribution in [0.2, 0.25) is 0 Å². The van der Waals surface area contributed by atoms with Gasteiger partial charge in [0.15, 0.2) is 0 Å². The predicted octanol–water partition coefficient (Wildman–Crippen LogP) is 3.82. The number of hydrogen-bond donors (Lipinski definition) is 1. The number of benzene rings is 3. The fourth-order valence-corrected chi connectivity index (χ4v) is 4.99. The first-order valence-electron chi connectivity index (χ1n) is 9.70. The molecule has 0 saturated carbocycles. The van der Waals surface area contributed by atoms with Gasteiger partial charge >= 0.3 is 0 Å². The zero-order valence-electron chi connectivity index (χ0n) is 17.0. The van der Waals surface area contributed by atoms with Gasteiger partial charge in [-0.3, -0.25) is 19.2 Å². The number of anilines is 2. The molecule has 0 spiro atoms. The van der Waals surface area contributed by atoms with E-state index in [4.69, 9.17) is 4.74 Å². The molecule has 9 nitrogen and oxygen atoms in total. The van der Waals surface area contributed by atoms with Crippen molar-refractivity contribution in [2.75, 3.05) is 16.2 Å². The quantitative estimate of drug-likeness (QED) is 0.463. The summed E-state index contributed by atoms with van der Waals surface area (Å²) in [5.41, 5.74) is 0.361. The van der Waals surface area contributed by atoms with Crippen LogP contribution in [0.3, 0.4) is 0 Å².